The van der Waals surface area contributed by atoms with Gasteiger partial charge in [-0.2, -0.15) is 0 Å². The van der Waals surface area contributed by atoms with Crippen LogP contribution in [-0.4, -0.2) is 81.2 Å². The lowest BCUT2D eigenvalue weighted by atomic mass is 10.1. The number of aliphatic hydroxyl groups is 1. The molecule has 170 valence electrons. The van der Waals surface area contributed by atoms with Crippen molar-refractivity contribution in [1.29, 1.82) is 0 Å². The number of carbonyl (C=O) groups excluding carboxylic acids is 3. The Morgan fingerprint density at radius 3 is 2.68 bits per heavy atom. The van der Waals surface area contributed by atoms with Gasteiger partial charge in [0, 0.05) is 19.0 Å². The van der Waals surface area contributed by atoms with Crippen LogP contribution in [0.3, 0.4) is 0 Å². The number of carbonyl (C=O) groups is 4. The SMILES string of the molecule is CCOC(=O)c1[nH]cnc1C(=O)N[C@@H]1C[C@H](C(=O)N2CCC3(CC3)C2)C[C@H]1O.O=CO. The lowest BCUT2D eigenvalue weighted by Gasteiger charge is -2.20. The fourth-order valence-electron chi connectivity index (χ4n) is 4.40. The number of amides is 2. The van der Waals surface area contributed by atoms with E-state index in [4.69, 9.17) is 14.6 Å². The van der Waals surface area contributed by atoms with E-state index in [2.05, 4.69) is 15.3 Å². The number of rotatable bonds is 5. The van der Waals surface area contributed by atoms with Gasteiger partial charge in [0.1, 0.15) is 0 Å². The van der Waals surface area contributed by atoms with Gasteiger partial charge in [0.15, 0.2) is 11.4 Å². The summed E-state index contributed by atoms with van der Waals surface area (Å²) in [6.07, 6.45) is 4.64. The van der Waals surface area contributed by atoms with Crippen LogP contribution >= 0.6 is 0 Å². The Balaban J connectivity index is 0.000000858. The highest BCUT2D eigenvalue weighted by Gasteiger charge is 2.50. The van der Waals surface area contributed by atoms with E-state index in [1.54, 1.807) is 6.92 Å². The minimum atomic E-state index is -0.805. The molecule has 1 saturated heterocycles. The minimum Gasteiger partial charge on any atom is -0.483 e. The molecule has 2 amide bonds. The number of imidazole rings is 1. The fraction of sp³-hybridized carbons (Fsp3) is 0.650. The molecule has 11 heteroatoms. The Morgan fingerprint density at radius 2 is 2.06 bits per heavy atom. The van der Waals surface area contributed by atoms with Crippen molar-refractivity contribution in [3.05, 3.63) is 17.7 Å². The first-order valence-electron chi connectivity index (χ1n) is 10.4. The molecule has 3 fully saturated rings. The van der Waals surface area contributed by atoms with Gasteiger partial charge in [0.2, 0.25) is 5.91 Å². The van der Waals surface area contributed by atoms with Crippen molar-refractivity contribution < 1.29 is 34.1 Å². The maximum absolute atomic E-state index is 12.8. The van der Waals surface area contributed by atoms with Gasteiger partial charge in [-0.05, 0) is 44.4 Å². The molecule has 1 aliphatic heterocycles. The maximum atomic E-state index is 12.8. The highest BCUT2D eigenvalue weighted by Crippen LogP contribution is 2.53. The van der Waals surface area contributed by atoms with E-state index in [1.807, 2.05) is 4.90 Å². The minimum absolute atomic E-state index is 0.0220. The van der Waals surface area contributed by atoms with E-state index < -0.39 is 24.0 Å². The van der Waals surface area contributed by atoms with Gasteiger partial charge in [0.25, 0.3) is 12.4 Å². The molecular formula is C20H28N4O7. The zero-order valence-electron chi connectivity index (χ0n) is 17.4. The smallest absolute Gasteiger partial charge is 0.357 e. The summed E-state index contributed by atoms with van der Waals surface area (Å²) in [5.74, 6) is -1.45. The first-order chi connectivity index (χ1) is 14.8. The summed E-state index contributed by atoms with van der Waals surface area (Å²) >= 11 is 0. The second-order valence-electron chi connectivity index (χ2n) is 8.28. The Morgan fingerprint density at radius 1 is 1.35 bits per heavy atom. The predicted molar refractivity (Wildman–Crippen MR) is 106 cm³/mol. The zero-order chi connectivity index (χ0) is 22.6. The molecule has 1 aromatic heterocycles. The number of likely N-dealkylation sites (tertiary alicyclic amines) is 1. The number of ether oxygens (including phenoxy) is 1. The van der Waals surface area contributed by atoms with E-state index in [-0.39, 0.29) is 36.3 Å². The molecule has 1 aromatic rings. The van der Waals surface area contributed by atoms with E-state index in [0.29, 0.717) is 18.3 Å². The average Bonchev–Trinajstić information content (AvgIpc) is 3.08. The number of nitrogens with zero attached hydrogens (tertiary/aromatic N) is 2. The van der Waals surface area contributed by atoms with Crippen LogP contribution in [0.2, 0.25) is 0 Å². The molecule has 2 saturated carbocycles. The van der Waals surface area contributed by atoms with Crippen LogP contribution in [0, 0.1) is 11.3 Å². The van der Waals surface area contributed by atoms with Crippen molar-refractivity contribution in [3.8, 4) is 0 Å². The van der Waals surface area contributed by atoms with E-state index in [0.717, 1.165) is 19.5 Å². The monoisotopic (exact) mass is 436 g/mol. The number of aromatic nitrogens is 2. The Labute approximate surface area is 179 Å². The fourth-order valence-corrected chi connectivity index (χ4v) is 4.40. The van der Waals surface area contributed by atoms with Crippen LogP contribution < -0.4 is 5.32 Å². The first-order valence-corrected chi connectivity index (χ1v) is 10.4. The van der Waals surface area contributed by atoms with Crippen molar-refractivity contribution in [2.45, 2.75) is 51.2 Å². The molecular weight excluding hydrogens is 408 g/mol. The summed E-state index contributed by atoms with van der Waals surface area (Å²) < 4.78 is 4.91. The average molecular weight is 436 g/mol. The number of aliphatic hydroxyl groups excluding tert-OH is 1. The first kappa shape index (κ1) is 22.7. The standard InChI is InChI=1S/C19H26N4O5.CH2O2/c1-2-28-18(27)15-14(20-10-21-15)16(25)22-12-7-11(8-13(12)24)17(26)23-6-5-19(9-23)3-4-19;2-1-3/h10-13,24H,2-9H2,1H3,(H,20,21)(H,22,25);1H,(H,2,3)/t11-,12+,13+;/m0./s1. The Bertz CT molecular complexity index is 835. The van der Waals surface area contributed by atoms with Gasteiger partial charge in [0.05, 0.1) is 25.1 Å². The van der Waals surface area contributed by atoms with E-state index >= 15 is 0 Å². The molecule has 1 spiro atoms. The molecule has 0 unspecified atom stereocenters. The molecule has 3 aliphatic rings. The summed E-state index contributed by atoms with van der Waals surface area (Å²) in [5, 5.41) is 20.0. The van der Waals surface area contributed by atoms with Gasteiger partial charge < -0.3 is 30.2 Å². The third-order valence-corrected chi connectivity index (χ3v) is 6.24. The molecule has 0 radical (unpaired) electrons. The molecule has 2 heterocycles. The van der Waals surface area contributed by atoms with Gasteiger partial charge in [-0.3, -0.25) is 14.4 Å². The van der Waals surface area contributed by atoms with Crippen molar-refractivity contribution in [1.82, 2.24) is 20.2 Å². The predicted octanol–water partition coefficient (Wildman–Crippen LogP) is 0.169. The number of H-pyrrole nitrogens is 1. The second-order valence-corrected chi connectivity index (χ2v) is 8.28. The van der Waals surface area contributed by atoms with Crippen molar-refractivity contribution in [3.63, 3.8) is 0 Å². The van der Waals surface area contributed by atoms with Gasteiger partial charge in [-0.1, -0.05) is 0 Å². The number of aromatic amines is 1. The van der Waals surface area contributed by atoms with Crippen LogP contribution in [0.4, 0.5) is 0 Å². The molecule has 3 atom stereocenters. The van der Waals surface area contributed by atoms with Crippen molar-refractivity contribution >= 4 is 24.3 Å². The number of esters is 1. The summed E-state index contributed by atoms with van der Waals surface area (Å²) in [6, 6.07) is -0.550. The quantitative estimate of drug-likeness (QED) is 0.375. The summed E-state index contributed by atoms with van der Waals surface area (Å²) in [7, 11) is 0. The largest absolute Gasteiger partial charge is 0.483 e. The van der Waals surface area contributed by atoms with Crippen LogP contribution in [-0.2, 0) is 14.3 Å². The van der Waals surface area contributed by atoms with Crippen molar-refractivity contribution in [2.24, 2.45) is 11.3 Å². The van der Waals surface area contributed by atoms with Crippen molar-refractivity contribution in [2.75, 3.05) is 19.7 Å². The normalized spacial score (nSPS) is 25.5. The van der Waals surface area contributed by atoms with E-state index in [1.165, 1.54) is 19.2 Å². The molecule has 31 heavy (non-hydrogen) atoms. The highest BCUT2D eigenvalue weighted by molar-refractivity contribution is 6.03. The van der Waals surface area contributed by atoms with Gasteiger partial charge in [-0.15, -0.1) is 0 Å². The number of carboxylic acid groups (broad SMARTS) is 1. The summed E-state index contributed by atoms with van der Waals surface area (Å²) in [5.41, 5.74) is 0.270. The Kier molecular flexibility index (Phi) is 6.94. The van der Waals surface area contributed by atoms with Gasteiger partial charge >= 0.3 is 5.97 Å². The van der Waals surface area contributed by atoms with Crippen LogP contribution in [0.5, 0.6) is 0 Å². The lowest BCUT2D eigenvalue weighted by Crippen LogP contribution is -2.41. The molecule has 4 rings (SSSR count). The van der Waals surface area contributed by atoms with Crippen LogP contribution in [0.25, 0.3) is 0 Å². The third kappa shape index (κ3) is 5.04. The van der Waals surface area contributed by atoms with Gasteiger partial charge in [-0.25, -0.2) is 9.78 Å². The Hall–Kier alpha value is -2.95. The molecule has 4 N–H and O–H groups in total. The second kappa shape index (κ2) is 9.46. The number of nitrogens with one attached hydrogen (secondary N) is 2. The molecule has 2 aliphatic carbocycles. The third-order valence-electron chi connectivity index (χ3n) is 6.24. The number of hydrogen-bond donors (Lipinski definition) is 4. The van der Waals surface area contributed by atoms with E-state index in [9.17, 15) is 19.5 Å². The topological polar surface area (TPSA) is 162 Å². The van der Waals surface area contributed by atoms with Crippen LogP contribution in [0.1, 0.15) is 60.0 Å². The summed E-state index contributed by atoms with van der Waals surface area (Å²) in [6.45, 7) is 3.22. The molecule has 0 bridgehead atoms. The zero-order valence-corrected chi connectivity index (χ0v) is 17.4. The summed E-state index contributed by atoms with van der Waals surface area (Å²) in [4.78, 5) is 54.1. The lowest BCUT2D eigenvalue weighted by molar-refractivity contribution is -0.134. The maximum Gasteiger partial charge on any atom is 0.357 e. The highest BCUT2D eigenvalue weighted by atomic mass is 16.5. The van der Waals surface area contributed by atoms with Crippen LogP contribution in [0.15, 0.2) is 6.33 Å². The molecule has 11 nitrogen and oxygen atoms in total. The number of hydrogen-bond acceptors (Lipinski definition) is 7. The molecule has 0 aromatic carbocycles.